The van der Waals surface area contributed by atoms with Crippen molar-refractivity contribution in [3.8, 4) is 0 Å². The number of ketones is 1. The highest BCUT2D eigenvalue weighted by molar-refractivity contribution is 9.09. The van der Waals surface area contributed by atoms with E-state index in [0.29, 0.717) is 10.6 Å². The number of amidine groups is 1. The highest BCUT2D eigenvalue weighted by Crippen LogP contribution is 2.42. The summed E-state index contributed by atoms with van der Waals surface area (Å²) in [4.78, 5) is 34.7. The number of hydrogen-bond acceptors (Lipinski definition) is 7. The van der Waals surface area contributed by atoms with E-state index in [0.717, 1.165) is 5.56 Å². The number of hydrogen-bond donors (Lipinski definition) is 0. The van der Waals surface area contributed by atoms with E-state index in [1.807, 2.05) is 13.0 Å². The van der Waals surface area contributed by atoms with Crippen molar-refractivity contribution in [1.82, 2.24) is 10.0 Å². The Kier molecular flexibility index (Phi) is 6.34. The molecule has 3 rings (SSSR count). The van der Waals surface area contributed by atoms with Crippen LogP contribution in [-0.2, 0) is 4.74 Å². The van der Waals surface area contributed by atoms with E-state index in [-0.39, 0.29) is 34.2 Å². The lowest BCUT2D eigenvalue weighted by molar-refractivity contribution is 0.0599. The smallest absolute Gasteiger partial charge is 0.340 e. The Morgan fingerprint density at radius 2 is 1.94 bits per heavy atom. The fourth-order valence-corrected chi connectivity index (χ4v) is 3.78. The SMILES string of the molecule is COC(=O)c1cc(C(C)Br)cnc1C1=NC(C)(C(C)(C)C(=O)c2ccccc2)CN1[O-]. The van der Waals surface area contributed by atoms with Gasteiger partial charge in [-0.3, -0.25) is 14.8 Å². The average molecular weight is 487 g/mol. The number of Topliss-reactive ketones (excluding diaryl/α,β-unsaturated/α-hetero) is 1. The highest BCUT2D eigenvalue weighted by atomic mass is 79.9. The molecule has 1 aromatic heterocycles. The zero-order chi connectivity index (χ0) is 23.0. The molecule has 0 bridgehead atoms. The number of rotatable bonds is 6. The van der Waals surface area contributed by atoms with Crippen LogP contribution in [-0.4, -0.2) is 46.8 Å². The molecule has 2 aromatic rings. The first-order chi connectivity index (χ1) is 14.5. The van der Waals surface area contributed by atoms with Crippen LogP contribution in [0.5, 0.6) is 0 Å². The lowest BCUT2D eigenvalue weighted by atomic mass is 9.69. The standard InChI is InChI=1S/C23H25BrN3O4/c1-14(24)16-11-17(21(29)31-5)18(25-12-16)20-26-23(4,13-27(20)30)22(2,3)19(28)15-9-7-6-8-10-15/h6-12,14H,13H2,1-5H3/q-1. The highest BCUT2D eigenvalue weighted by Gasteiger charge is 2.50. The second kappa shape index (κ2) is 8.51. The zero-order valence-electron chi connectivity index (χ0n) is 18.2. The van der Waals surface area contributed by atoms with E-state index in [9.17, 15) is 14.8 Å². The number of hydroxylamine groups is 2. The molecule has 0 radical (unpaired) electrons. The molecule has 31 heavy (non-hydrogen) atoms. The van der Waals surface area contributed by atoms with Gasteiger partial charge in [0, 0.05) is 23.1 Å². The number of alkyl halides is 1. The number of pyridine rings is 1. The summed E-state index contributed by atoms with van der Waals surface area (Å²) in [6.45, 7) is 7.21. The number of nitrogens with zero attached hydrogens (tertiary/aromatic N) is 3. The summed E-state index contributed by atoms with van der Waals surface area (Å²) in [5, 5.41) is 13.7. The van der Waals surface area contributed by atoms with Gasteiger partial charge in [-0.15, -0.1) is 0 Å². The molecule has 1 aliphatic heterocycles. The molecule has 0 N–H and O–H groups in total. The Morgan fingerprint density at radius 1 is 1.29 bits per heavy atom. The molecule has 164 valence electrons. The minimum Gasteiger partial charge on any atom is -0.757 e. The van der Waals surface area contributed by atoms with Crippen molar-refractivity contribution in [2.75, 3.05) is 13.7 Å². The van der Waals surface area contributed by atoms with Crippen molar-refractivity contribution < 1.29 is 14.3 Å². The van der Waals surface area contributed by atoms with Crippen LogP contribution in [0.4, 0.5) is 0 Å². The number of aromatic nitrogens is 1. The van der Waals surface area contributed by atoms with E-state index in [4.69, 9.17) is 4.74 Å². The van der Waals surface area contributed by atoms with Gasteiger partial charge in [0.05, 0.1) is 23.6 Å². The lowest BCUT2D eigenvalue weighted by Gasteiger charge is -2.39. The molecular weight excluding hydrogens is 462 g/mol. The zero-order valence-corrected chi connectivity index (χ0v) is 19.8. The Hall–Kier alpha value is -2.58. The molecule has 1 aliphatic rings. The normalized spacial score (nSPS) is 19.7. The minimum atomic E-state index is -1.02. The van der Waals surface area contributed by atoms with Gasteiger partial charge in [-0.25, -0.2) is 4.79 Å². The maximum atomic E-state index is 13.3. The summed E-state index contributed by atoms with van der Waals surface area (Å²) in [6.07, 6.45) is 1.59. The predicted molar refractivity (Wildman–Crippen MR) is 122 cm³/mol. The summed E-state index contributed by atoms with van der Waals surface area (Å²) in [7, 11) is 1.27. The van der Waals surface area contributed by atoms with Crippen LogP contribution in [0.3, 0.4) is 0 Å². The van der Waals surface area contributed by atoms with Gasteiger partial charge in [0.25, 0.3) is 0 Å². The van der Waals surface area contributed by atoms with Crippen LogP contribution in [0.1, 0.15) is 64.5 Å². The Bertz CT molecular complexity index is 1040. The predicted octanol–water partition coefficient (Wildman–Crippen LogP) is 4.55. The largest absolute Gasteiger partial charge is 0.757 e. The second-order valence-corrected chi connectivity index (χ2v) is 9.71. The Morgan fingerprint density at radius 3 is 2.52 bits per heavy atom. The molecule has 0 spiro atoms. The van der Waals surface area contributed by atoms with Gasteiger partial charge in [-0.2, -0.15) is 0 Å². The molecular formula is C23H25BrN3O4-. The summed E-state index contributed by atoms with van der Waals surface area (Å²) in [6, 6.07) is 10.6. The molecule has 0 saturated carbocycles. The van der Waals surface area contributed by atoms with Crippen LogP contribution < -0.4 is 0 Å². The van der Waals surface area contributed by atoms with Gasteiger partial charge >= 0.3 is 5.97 Å². The minimum absolute atomic E-state index is 0.0191. The van der Waals surface area contributed by atoms with Crippen LogP contribution in [0.25, 0.3) is 0 Å². The molecule has 7 nitrogen and oxygen atoms in total. The number of carbonyl (C=O) groups is 2. The summed E-state index contributed by atoms with van der Waals surface area (Å²) in [5.41, 5.74) is -0.378. The number of benzene rings is 1. The van der Waals surface area contributed by atoms with Gasteiger partial charge in [0.2, 0.25) is 0 Å². The van der Waals surface area contributed by atoms with Crippen LogP contribution >= 0.6 is 15.9 Å². The van der Waals surface area contributed by atoms with Crippen LogP contribution in [0.2, 0.25) is 0 Å². The summed E-state index contributed by atoms with van der Waals surface area (Å²) >= 11 is 3.46. The molecule has 0 aliphatic carbocycles. The summed E-state index contributed by atoms with van der Waals surface area (Å²) in [5.74, 6) is -0.703. The van der Waals surface area contributed by atoms with Crippen molar-refractivity contribution in [2.45, 2.75) is 38.1 Å². The third kappa shape index (κ3) is 4.14. The lowest BCUT2D eigenvalue weighted by Crippen LogP contribution is -2.48. The second-order valence-electron chi connectivity index (χ2n) is 8.34. The third-order valence-electron chi connectivity index (χ3n) is 5.98. The molecule has 0 fully saturated rings. The molecule has 2 atom stereocenters. The Labute approximate surface area is 190 Å². The van der Waals surface area contributed by atoms with Crippen molar-refractivity contribution >= 4 is 33.5 Å². The van der Waals surface area contributed by atoms with E-state index in [1.165, 1.54) is 7.11 Å². The summed E-state index contributed by atoms with van der Waals surface area (Å²) < 4.78 is 4.90. The van der Waals surface area contributed by atoms with E-state index < -0.39 is 16.9 Å². The van der Waals surface area contributed by atoms with Gasteiger partial charge in [0.15, 0.2) is 5.78 Å². The maximum absolute atomic E-state index is 13.3. The first-order valence-electron chi connectivity index (χ1n) is 9.89. The average Bonchev–Trinajstić information content (AvgIpc) is 3.08. The molecule has 0 amide bonds. The first kappa shape index (κ1) is 23.1. The van der Waals surface area contributed by atoms with Gasteiger partial charge in [-0.05, 0) is 25.5 Å². The number of aliphatic imine (C=N–C) groups is 1. The van der Waals surface area contributed by atoms with Crippen molar-refractivity contribution in [3.63, 3.8) is 0 Å². The van der Waals surface area contributed by atoms with Crippen LogP contribution in [0, 0.1) is 10.6 Å². The fourth-order valence-electron chi connectivity index (χ4n) is 3.52. The fraction of sp³-hybridized carbons (Fsp3) is 0.391. The third-order valence-corrected chi connectivity index (χ3v) is 6.50. The Balaban J connectivity index is 2.08. The molecule has 1 aromatic carbocycles. The maximum Gasteiger partial charge on any atom is 0.340 e. The number of methoxy groups -OCH3 is 1. The quantitative estimate of drug-likeness (QED) is 0.337. The van der Waals surface area contributed by atoms with Crippen molar-refractivity contribution in [3.05, 3.63) is 70.2 Å². The topological polar surface area (TPSA) is 94.9 Å². The molecule has 2 heterocycles. The molecule has 8 heteroatoms. The molecule has 0 saturated heterocycles. The van der Waals surface area contributed by atoms with Crippen molar-refractivity contribution in [1.29, 1.82) is 0 Å². The molecule has 2 unspecified atom stereocenters. The van der Waals surface area contributed by atoms with Gasteiger partial charge in [-0.1, -0.05) is 60.1 Å². The van der Waals surface area contributed by atoms with Gasteiger partial charge < -0.3 is 15.0 Å². The van der Waals surface area contributed by atoms with E-state index >= 15 is 0 Å². The van der Waals surface area contributed by atoms with Gasteiger partial charge in [0.1, 0.15) is 11.5 Å². The van der Waals surface area contributed by atoms with Crippen LogP contribution in [0.15, 0.2) is 47.6 Å². The number of esters is 1. The van der Waals surface area contributed by atoms with E-state index in [2.05, 4.69) is 25.9 Å². The number of ether oxygens (including phenoxy) is 1. The number of halogens is 1. The first-order valence-corrected chi connectivity index (χ1v) is 10.8. The van der Waals surface area contributed by atoms with E-state index in [1.54, 1.807) is 57.3 Å². The number of carbonyl (C=O) groups excluding carboxylic acids is 2. The van der Waals surface area contributed by atoms with Crippen molar-refractivity contribution in [2.24, 2.45) is 10.4 Å². The monoisotopic (exact) mass is 486 g/mol.